The maximum absolute atomic E-state index is 13.2. The van der Waals surface area contributed by atoms with Gasteiger partial charge in [0, 0.05) is 12.2 Å². The fourth-order valence-corrected chi connectivity index (χ4v) is 3.00. The summed E-state index contributed by atoms with van der Waals surface area (Å²) in [6.45, 7) is 4.07. The molecular weight excluding hydrogens is 319 g/mol. The third-order valence-electron chi connectivity index (χ3n) is 4.32. The molecule has 128 valence electrons. The van der Waals surface area contributed by atoms with Crippen LogP contribution >= 0.6 is 0 Å². The van der Waals surface area contributed by atoms with Gasteiger partial charge in [0.1, 0.15) is 11.5 Å². The summed E-state index contributed by atoms with van der Waals surface area (Å²) < 4.78 is 20.8. The van der Waals surface area contributed by atoms with E-state index < -0.39 is 0 Å². The topological polar surface area (TPSA) is 43.2 Å². The normalized spacial score (nSPS) is 17.2. The van der Waals surface area contributed by atoms with Gasteiger partial charge in [-0.25, -0.2) is 9.07 Å². The van der Waals surface area contributed by atoms with Crippen LogP contribution in [0.15, 0.2) is 54.7 Å². The smallest absolute Gasteiger partial charge is 0.177 e. The lowest BCUT2D eigenvalue weighted by Gasteiger charge is -2.23. The predicted octanol–water partition coefficient (Wildman–Crippen LogP) is 3.31. The van der Waals surface area contributed by atoms with E-state index in [1.54, 1.807) is 12.1 Å². The molecule has 0 aliphatic carbocycles. The zero-order valence-electron chi connectivity index (χ0n) is 14.0. The van der Waals surface area contributed by atoms with Gasteiger partial charge in [0.15, 0.2) is 6.23 Å². The summed E-state index contributed by atoms with van der Waals surface area (Å²) in [7, 11) is 0. The molecule has 0 spiro atoms. The average molecular weight is 338 g/mol. The van der Waals surface area contributed by atoms with Gasteiger partial charge in [0.2, 0.25) is 0 Å². The van der Waals surface area contributed by atoms with E-state index >= 15 is 0 Å². The van der Waals surface area contributed by atoms with E-state index in [0.717, 1.165) is 17.9 Å². The van der Waals surface area contributed by atoms with Gasteiger partial charge in [-0.3, -0.25) is 0 Å². The highest BCUT2D eigenvalue weighted by molar-refractivity contribution is 5.48. The second-order valence-corrected chi connectivity index (χ2v) is 6.22. The number of halogens is 1. The minimum absolute atomic E-state index is 0.246. The third-order valence-corrected chi connectivity index (χ3v) is 4.32. The molecule has 5 nitrogen and oxygen atoms in total. The van der Waals surface area contributed by atoms with Crippen molar-refractivity contribution in [3.05, 3.63) is 77.4 Å². The van der Waals surface area contributed by atoms with Crippen molar-refractivity contribution >= 4 is 5.69 Å². The molecule has 1 fully saturated rings. The number of rotatable bonds is 4. The van der Waals surface area contributed by atoms with Gasteiger partial charge in [-0.05, 0) is 36.8 Å². The number of ether oxygens (including phenoxy) is 1. The van der Waals surface area contributed by atoms with Crippen LogP contribution in [-0.2, 0) is 11.3 Å². The Morgan fingerprint density at radius 1 is 1.12 bits per heavy atom. The Bertz CT molecular complexity index is 845. The molecule has 0 amide bonds. The van der Waals surface area contributed by atoms with E-state index in [1.807, 2.05) is 10.9 Å². The van der Waals surface area contributed by atoms with Crippen molar-refractivity contribution in [1.29, 1.82) is 0 Å². The average Bonchev–Trinajstić information content (AvgIpc) is 3.27. The Kier molecular flexibility index (Phi) is 4.19. The molecule has 2 heterocycles. The van der Waals surface area contributed by atoms with Crippen LogP contribution in [0, 0.1) is 12.7 Å². The number of hydrogen-bond acceptors (Lipinski definition) is 4. The molecule has 1 saturated heterocycles. The Morgan fingerprint density at radius 3 is 2.64 bits per heavy atom. The second kappa shape index (κ2) is 6.64. The molecule has 6 heteroatoms. The molecule has 0 bridgehead atoms. The van der Waals surface area contributed by atoms with E-state index in [1.165, 1.54) is 23.3 Å². The molecule has 0 N–H and O–H groups in total. The molecule has 0 unspecified atom stereocenters. The monoisotopic (exact) mass is 338 g/mol. The van der Waals surface area contributed by atoms with E-state index in [0.29, 0.717) is 13.2 Å². The molecule has 0 radical (unpaired) electrons. The fraction of sp³-hybridized carbons (Fsp3) is 0.263. The maximum atomic E-state index is 13.2. The number of benzene rings is 2. The van der Waals surface area contributed by atoms with Gasteiger partial charge in [-0.15, -0.1) is 5.10 Å². The first-order chi connectivity index (χ1) is 12.2. The fourth-order valence-electron chi connectivity index (χ4n) is 3.00. The predicted molar refractivity (Wildman–Crippen MR) is 92.7 cm³/mol. The van der Waals surface area contributed by atoms with Crippen molar-refractivity contribution in [1.82, 2.24) is 15.0 Å². The number of aromatic nitrogens is 3. The number of aryl methyl sites for hydroxylation is 1. The summed E-state index contributed by atoms with van der Waals surface area (Å²) in [5.41, 5.74) is 4.08. The van der Waals surface area contributed by atoms with Crippen LogP contribution in [0.5, 0.6) is 0 Å². The van der Waals surface area contributed by atoms with Crippen molar-refractivity contribution in [2.24, 2.45) is 0 Å². The van der Waals surface area contributed by atoms with E-state index in [4.69, 9.17) is 4.74 Å². The molecule has 4 rings (SSSR count). The van der Waals surface area contributed by atoms with Crippen LogP contribution < -0.4 is 4.90 Å². The first-order valence-corrected chi connectivity index (χ1v) is 8.28. The van der Waals surface area contributed by atoms with Gasteiger partial charge in [-0.2, -0.15) is 0 Å². The summed E-state index contributed by atoms with van der Waals surface area (Å²) in [6.07, 6.45) is 1.61. The molecule has 1 aromatic heterocycles. The largest absolute Gasteiger partial charge is 0.350 e. The van der Waals surface area contributed by atoms with Crippen molar-refractivity contribution in [3.63, 3.8) is 0 Å². The van der Waals surface area contributed by atoms with Gasteiger partial charge in [0.05, 0.1) is 19.3 Å². The van der Waals surface area contributed by atoms with Gasteiger partial charge in [-0.1, -0.05) is 35.0 Å². The van der Waals surface area contributed by atoms with Gasteiger partial charge in [0.25, 0.3) is 0 Å². The highest BCUT2D eigenvalue weighted by Crippen LogP contribution is 2.31. The molecular formula is C19H19FN4O. The summed E-state index contributed by atoms with van der Waals surface area (Å²) in [4.78, 5) is 2.07. The van der Waals surface area contributed by atoms with Crippen LogP contribution in [0.25, 0.3) is 0 Å². The van der Waals surface area contributed by atoms with E-state index in [9.17, 15) is 4.39 Å². The van der Waals surface area contributed by atoms with E-state index in [-0.39, 0.29) is 12.0 Å². The second-order valence-electron chi connectivity index (χ2n) is 6.22. The molecule has 0 saturated carbocycles. The van der Waals surface area contributed by atoms with E-state index in [2.05, 4.69) is 46.4 Å². The zero-order chi connectivity index (χ0) is 17.2. The first-order valence-electron chi connectivity index (χ1n) is 8.28. The molecule has 25 heavy (non-hydrogen) atoms. The van der Waals surface area contributed by atoms with Crippen LogP contribution in [-0.4, -0.2) is 28.1 Å². The lowest BCUT2D eigenvalue weighted by atomic mass is 10.1. The molecule has 2 aromatic carbocycles. The van der Waals surface area contributed by atoms with Gasteiger partial charge >= 0.3 is 0 Å². The van der Waals surface area contributed by atoms with Crippen molar-refractivity contribution in [2.75, 3.05) is 18.1 Å². The SMILES string of the molecule is Cc1ccc(Cn2cc([C@@H]3OCCN3c3ccc(F)cc3)nn2)cc1. The van der Waals surface area contributed by atoms with Crippen molar-refractivity contribution < 1.29 is 9.13 Å². The minimum Gasteiger partial charge on any atom is -0.350 e. The summed E-state index contributed by atoms with van der Waals surface area (Å²) in [5, 5.41) is 8.50. The molecule has 3 aromatic rings. The lowest BCUT2D eigenvalue weighted by Crippen LogP contribution is -2.23. The van der Waals surface area contributed by atoms with Crippen LogP contribution in [0.4, 0.5) is 10.1 Å². The zero-order valence-corrected chi connectivity index (χ0v) is 14.0. The van der Waals surface area contributed by atoms with Crippen LogP contribution in [0.1, 0.15) is 23.0 Å². The lowest BCUT2D eigenvalue weighted by molar-refractivity contribution is 0.110. The van der Waals surface area contributed by atoms with Crippen LogP contribution in [0.3, 0.4) is 0 Å². The summed E-state index contributed by atoms with van der Waals surface area (Å²) in [6, 6.07) is 14.8. The summed E-state index contributed by atoms with van der Waals surface area (Å²) >= 11 is 0. The Hall–Kier alpha value is -2.73. The molecule has 1 aliphatic heterocycles. The molecule has 1 aliphatic rings. The minimum atomic E-state index is -0.294. The Morgan fingerprint density at radius 2 is 1.88 bits per heavy atom. The molecule has 1 atom stereocenters. The highest BCUT2D eigenvalue weighted by Gasteiger charge is 2.29. The number of anilines is 1. The summed E-state index contributed by atoms with van der Waals surface area (Å²) in [5.74, 6) is -0.246. The Labute approximate surface area is 145 Å². The standard InChI is InChI=1S/C19H19FN4O/c1-14-2-4-15(5-3-14)12-23-13-18(21-22-23)19-24(10-11-25-19)17-8-6-16(20)7-9-17/h2-9,13,19H,10-12H2,1H3/t19-/m0/s1. The first kappa shape index (κ1) is 15.8. The number of nitrogens with zero attached hydrogens (tertiary/aromatic N) is 4. The third kappa shape index (κ3) is 3.39. The van der Waals surface area contributed by atoms with Crippen LogP contribution in [0.2, 0.25) is 0 Å². The van der Waals surface area contributed by atoms with Crippen molar-refractivity contribution in [2.45, 2.75) is 19.7 Å². The maximum Gasteiger partial charge on any atom is 0.177 e. The number of hydrogen-bond donors (Lipinski definition) is 0. The van der Waals surface area contributed by atoms with Crippen molar-refractivity contribution in [3.8, 4) is 0 Å². The highest BCUT2D eigenvalue weighted by atomic mass is 19.1. The Balaban J connectivity index is 1.52. The quantitative estimate of drug-likeness (QED) is 0.732. The van der Waals surface area contributed by atoms with Gasteiger partial charge < -0.3 is 9.64 Å².